The van der Waals surface area contributed by atoms with Gasteiger partial charge in [-0.05, 0) is 11.8 Å². The molecule has 1 aliphatic heterocycles. The average molecular weight is 271 g/mol. The van der Waals surface area contributed by atoms with Crippen molar-refractivity contribution < 1.29 is 19.5 Å². The van der Waals surface area contributed by atoms with E-state index in [1.54, 1.807) is 27.8 Å². The maximum Gasteiger partial charge on any atom is 0.326 e. The number of likely N-dealkylation sites (N-methyl/N-ethyl adjacent to an activating group) is 1. The van der Waals surface area contributed by atoms with E-state index in [2.05, 4.69) is 10.6 Å². The monoisotopic (exact) mass is 271 g/mol. The van der Waals surface area contributed by atoms with Crippen molar-refractivity contribution in [1.82, 2.24) is 15.5 Å². The van der Waals surface area contributed by atoms with Gasteiger partial charge in [0.15, 0.2) is 0 Å². The lowest BCUT2D eigenvalue weighted by Crippen LogP contribution is -2.54. The number of rotatable bonds is 3. The van der Waals surface area contributed by atoms with Crippen molar-refractivity contribution in [3.8, 4) is 0 Å². The van der Waals surface area contributed by atoms with Gasteiger partial charge in [-0.15, -0.1) is 0 Å². The molecule has 1 heterocycles. The predicted octanol–water partition coefficient (Wildman–Crippen LogP) is 0.0156. The highest BCUT2D eigenvalue weighted by atomic mass is 16.4. The van der Waals surface area contributed by atoms with Crippen LogP contribution < -0.4 is 10.6 Å². The second-order valence-corrected chi connectivity index (χ2v) is 5.86. The Balaban J connectivity index is 2.59. The normalized spacial score (nSPS) is 21.2. The van der Waals surface area contributed by atoms with Crippen LogP contribution in [0.2, 0.25) is 0 Å². The van der Waals surface area contributed by atoms with Gasteiger partial charge >= 0.3 is 12.0 Å². The number of amides is 3. The van der Waals surface area contributed by atoms with E-state index in [-0.39, 0.29) is 5.91 Å². The van der Waals surface area contributed by atoms with Crippen molar-refractivity contribution in [2.45, 2.75) is 39.3 Å². The molecule has 0 saturated carbocycles. The number of hydrogen-bond donors (Lipinski definition) is 3. The molecule has 19 heavy (non-hydrogen) atoms. The summed E-state index contributed by atoms with van der Waals surface area (Å²) in [7, 11) is 1.66. The highest BCUT2D eigenvalue weighted by molar-refractivity contribution is 5.90. The molecule has 2 atom stereocenters. The van der Waals surface area contributed by atoms with Crippen LogP contribution >= 0.6 is 0 Å². The topological polar surface area (TPSA) is 98.7 Å². The van der Waals surface area contributed by atoms with E-state index >= 15 is 0 Å². The first-order chi connectivity index (χ1) is 8.62. The van der Waals surface area contributed by atoms with E-state index in [1.165, 1.54) is 4.90 Å². The zero-order valence-electron chi connectivity index (χ0n) is 11.7. The minimum absolute atomic E-state index is 0.155. The predicted molar refractivity (Wildman–Crippen MR) is 68.6 cm³/mol. The van der Waals surface area contributed by atoms with E-state index in [9.17, 15) is 14.4 Å². The van der Waals surface area contributed by atoms with Crippen LogP contribution in [0.25, 0.3) is 0 Å². The first kappa shape index (κ1) is 15.3. The number of carbonyl (C=O) groups is 3. The zero-order chi connectivity index (χ0) is 14.8. The third-order valence-electron chi connectivity index (χ3n) is 3.12. The first-order valence-corrected chi connectivity index (χ1v) is 6.17. The Morgan fingerprint density at radius 2 is 2.00 bits per heavy atom. The molecule has 3 amide bonds. The molecule has 0 aromatic rings. The Morgan fingerprint density at radius 1 is 1.42 bits per heavy atom. The van der Waals surface area contributed by atoms with Crippen LogP contribution in [0, 0.1) is 5.41 Å². The molecule has 0 radical (unpaired) electrons. The number of urea groups is 1. The lowest BCUT2D eigenvalue weighted by Gasteiger charge is -2.28. The molecule has 0 aliphatic carbocycles. The van der Waals surface area contributed by atoms with Crippen LogP contribution in [0.1, 0.15) is 27.2 Å². The molecule has 7 heteroatoms. The van der Waals surface area contributed by atoms with Crippen molar-refractivity contribution in [1.29, 1.82) is 0 Å². The second-order valence-electron chi connectivity index (χ2n) is 5.86. The SMILES string of the molecule is CN1CCC(NC(=O)N[C@H](C(=O)O)C(C)(C)C)C1=O. The molecule has 1 saturated heterocycles. The molecule has 108 valence electrons. The molecule has 0 aromatic heterocycles. The summed E-state index contributed by atoms with van der Waals surface area (Å²) < 4.78 is 0. The van der Waals surface area contributed by atoms with Crippen LogP contribution in [-0.4, -0.2) is 53.6 Å². The average Bonchev–Trinajstić information content (AvgIpc) is 2.56. The van der Waals surface area contributed by atoms with Crippen molar-refractivity contribution in [2.75, 3.05) is 13.6 Å². The van der Waals surface area contributed by atoms with Crippen LogP contribution in [0.15, 0.2) is 0 Å². The second kappa shape index (κ2) is 5.46. The lowest BCUT2D eigenvalue weighted by atomic mass is 9.87. The van der Waals surface area contributed by atoms with E-state index in [0.29, 0.717) is 13.0 Å². The maximum atomic E-state index is 11.8. The lowest BCUT2D eigenvalue weighted by molar-refractivity contribution is -0.141. The van der Waals surface area contributed by atoms with Gasteiger partial charge in [-0.25, -0.2) is 9.59 Å². The van der Waals surface area contributed by atoms with E-state index < -0.39 is 29.5 Å². The third-order valence-corrected chi connectivity index (χ3v) is 3.12. The first-order valence-electron chi connectivity index (χ1n) is 6.17. The van der Waals surface area contributed by atoms with Crippen molar-refractivity contribution in [2.24, 2.45) is 5.41 Å². The fraction of sp³-hybridized carbons (Fsp3) is 0.750. The standard InChI is InChI=1S/C12H21N3O4/c1-12(2,3)8(10(17)18)14-11(19)13-7-5-6-15(4)9(7)16/h7-8H,5-6H2,1-4H3,(H,17,18)(H2,13,14,19)/t7?,8-/m1/s1. The highest BCUT2D eigenvalue weighted by Crippen LogP contribution is 2.19. The van der Waals surface area contributed by atoms with Gasteiger partial charge in [-0.1, -0.05) is 20.8 Å². The molecule has 3 N–H and O–H groups in total. The fourth-order valence-electron chi connectivity index (χ4n) is 1.94. The van der Waals surface area contributed by atoms with Crippen molar-refractivity contribution >= 4 is 17.9 Å². The van der Waals surface area contributed by atoms with Crippen LogP contribution in [-0.2, 0) is 9.59 Å². The summed E-state index contributed by atoms with van der Waals surface area (Å²) in [6.45, 7) is 5.76. The Bertz CT molecular complexity index is 389. The minimum Gasteiger partial charge on any atom is -0.480 e. The summed E-state index contributed by atoms with van der Waals surface area (Å²) in [5, 5.41) is 14.0. The van der Waals surface area contributed by atoms with Crippen LogP contribution in [0.4, 0.5) is 4.79 Å². The number of likely N-dealkylation sites (tertiary alicyclic amines) is 1. The Labute approximate surface area is 112 Å². The number of hydrogen-bond acceptors (Lipinski definition) is 3. The number of carbonyl (C=O) groups excluding carboxylic acids is 2. The van der Waals surface area contributed by atoms with Gasteiger partial charge in [0.05, 0.1) is 0 Å². The van der Waals surface area contributed by atoms with Gasteiger partial charge in [0.1, 0.15) is 12.1 Å². The Morgan fingerprint density at radius 3 is 2.37 bits per heavy atom. The fourth-order valence-corrected chi connectivity index (χ4v) is 1.94. The van der Waals surface area contributed by atoms with E-state index in [0.717, 1.165) is 0 Å². The van der Waals surface area contributed by atoms with Gasteiger partial charge < -0.3 is 20.6 Å². The third kappa shape index (κ3) is 3.84. The molecule has 1 rings (SSSR count). The summed E-state index contributed by atoms with van der Waals surface area (Å²) in [6.07, 6.45) is 0.538. The summed E-state index contributed by atoms with van der Waals surface area (Å²) in [5.74, 6) is -1.25. The number of carboxylic acids is 1. The van der Waals surface area contributed by atoms with E-state index in [1.807, 2.05) is 0 Å². The molecule has 1 unspecified atom stereocenters. The zero-order valence-corrected chi connectivity index (χ0v) is 11.7. The summed E-state index contributed by atoms with van der Waals surface area (Å²) in [6, 6.07) is -2.21. The molecular weight excluding hydrogens is 250 g/mol. The van der Waals surface area contributed by atoms with Gasteiger partial charge in [0.25, 0.3) is 0 Å². The quantitative estimate of drug-likeness (QED) is 0.673. The number of carboxylic acid groups (broad SMARTS) is 1. The molecule has 1 fully saturated rings. The number of nitrogens with one attached hydrogen (secondary N) is 2. The van der Waals surface area contributed by atoms with E-state index in [4.69, 9.17) is 5.11 Å². The smallest absolute Gasteiger partial charge is 0.326 e. The molecule has 7 nitrogen and oxygen atoms in total. The molecule has 0 spiro atoms. The summed E-state index contributed by atoms with van der Waals surface area (Å²) in [5.41, 5.74) is -0.611. The summed E-state index contributed by atoms with van der Waals surface area (Å²) >= 11 is 0. The molecule has 1 aliphatic rings. The van der Waals surface area contributed by atoms with Crippen molar-refractivity contribution in [3.05, 3.63) is 0 Å². The van der Waals surface area contributed by atoms with Gasteiger partial charge in [0, 0.05) is 13.6 Å². The van der Waals surface area contributed by atoms with Gasteiger partial charge in [-0.3, -0.25) is 4.79 Å². The Hall–Kier alpha value is -1.79. The van der Waals surface area contributed by atoms with Crippen LogP contribution in [0.3, 0.4) is 0 Å². The highest BCUT2D eigenvalue weighted by Gasteiger charge is 2.35. The molecule has 0 bridgehead atoms. The number of nitrogens with zero attached hydrogens (tertiary/aromatic N) is 1. The molecule has 0 aromatic carbocycles. The largest absolute Gasteiger partial charge is 0.480 e. The summed E-state index contributed by atoms with van der Waals surface area (Å²) in [4.78, 5) is 36.0. The minimum atomic E-state index is -1.10. The Kier molecular flexibility index (Phi) is 4.39. The molecular formula is C12H21N3O4. The maximum absolute atomic E-state index is 11.8. The van der Waals surface area contributed by atoms with Crippen molar-refractivity contribution in [3.63, 3.8) is 0 Å². The number of aliphatic carboxylic acids is 1. The van der Waals surface area contributed by atoms with Crippen LogP contribution in [0.5, 0.6) is 0 Å². The van der Waals surface area contributed by atoms with Gasteiger partial charge in [0.2, 0.25) is 5.91 Å². The van der Waals surface area contributed by atoms with Gasteiger partial charge in [-0.2, -0.15) is 0 Å².